The zero-order chi connectivity index (χ0) is 18.1. The number of fused-ring (bicyclic) bond motifs is 4. The quantitative estimate of drug-likeness (QED) is 0.644. The van der Waals surface area contributed by atoms with Crippen LogP contribution in [-0.2, 0) is 16.0 Å². The van der Waals surface area contributed by atoms with E-state index in [1.54, 1.807) is 0 Å². The van der Waals surface area contributed by atoms with E-state index in [0.29, 0.717) is 0 Å². The van der Waals surface area contributed by atoms with Crippen LogP contribution in [-0.4, -0.2) is 47.3 Å². The lowest BCUT2D eigenvalue weighted by Gasteiger charge is -2.62. The van der Waals surface area contributed by atoms with E-state index >= 15 is 0 Å². The number of allylic oxidation sites excluding steroid dienone is 1. The van der Waals surface area contributed by atoms with Crippen molar-refractivity contribution in [2.24, 2.45) is 11.3 Å². The number of rotatable bonds is 2. The molecule has 1 aromatic heterocycles. The maximum Gasteiger partial charge on any atom is 0.316 e. The number of carbonyl (C=O) groups excluding carboxylic acids is 1. The molecule has 3 fully saturated rings. The van der Waals surface area contributed by atoms with E-state index in [1.807, 2.05) is 13.0 Å². The molecule has 5 atom stereocenters. The van der Waals surface area contributed by atoms with Gasteiger partial charge in [-0.3, -0.25) is 9.69 Å². The second-order valence-corrected chi connectivity index (χ2v) is 7.81. The summed E-state index contributed by atoms with van der Waals surface area (Å²) in [6.07, 6.45) is 3.72. The van der Waals surface area contributed by atoms with Gasteiger partial charge in [0.25, 0.3) is 0 Å². The summed E-state index contributed by atoms with van der Waals surface area (Å²) in [6.45, 7) is 2.72. The molecule has 0 aliphatic carbocycles. The molecule has 136 valence electrons. The van der Waals surface area contributed by atoms with E-state index in [2.05, 4.69) is 34.2 Å². The first-order chi connectivity index (χ1) is 12.7. The monoisotopic (exact) mass is 352 g/mol. The number of methoxy groups -OCH3 is 1. The van der Waals surface area contributed by atoms with Crippen molar-refractivity contribution in [1.82, 2.24) is 9.88 Å². The summed E-state index contributed by atoms with van der Waals surface area (Å²) in [4.78, 5) is 19.0. The second-order valence-electron chi connectivity index (χ2n) is 7.81. The number of esters is 1. The minimum atomic E-state index is -0.874. The average Bonchev–Trinajstić information content (AvgIpc) is 3.06. The molecule has 4 bridgehead atoms. The number of benzene rings is 1. The van der Waals surface area contributed by atoms with Gasteiger partial charge in [-0.25, -0.2) is 0 Å². The summed E-state index contributed by atoms with van der Waals surface area (Å²) >= 11 is 0. The molecule has 3 saturated heterocycles. The van der Waals surface area contributed by atoms with Gasteiger partial charge in [0.1, 0.15) is 5.41 Å². The summed E-state index contributed by atoms with van der Waals surface area (Å²) in [5.74, 6) is -0.245. The smallest absolute Gasteiger partial charge is 0.316 e. The van der Waals surface area contributed by atoms with Crippen LogP contribution < -0.4 is 0 Å². The number of piperidine rings is 3. The van der Waals surface area contributed by atoms with Gasteiger partial charge < -0.3 is 14.8 Å². The number of nitrogens with zero attached hydrogens (tertiary/aromatic N) is 1. The third-order valence-electron chi connectivity index (χ3n) is 7.06. The summed E-state index contributed by atoms with van der Waals surface area (Å²) in [5.41, 5.74) is 4.12. The average molecular weight is 352 g/mol. The molecule has 0 saturated carbocycles. The Labute approximate surface area is 152 Å². The number of aromatic amines is 1. The second kappa shape index (κ2) is 5.44. The van der Waals surface area contributed by atoms with Gasteiger partial charge in [-0.1, -0.05) is 29.8 Å². The van der Waals surface area contributed by atoms with Crippen molar-refractivity contribution in [3.63, 3.8) is 0 Å². The van der Waals surface area contributed by atoms with Gasteiger partial charge in [-0.2, -0.15) is 0 Å². The van der Waals surface area contributed by atoms with Crippen molar-refractivity contribution in [2.75, 3.05) is 20.3 Å². The molecular formula is C21H24N2O3. The predicted molar refractivity (Wildman–Crippen MR) is 98.6 cm³/mol. The fourth-order valence-electron chi connectivity index (χ4n) is 5.88. The number of H-pyrrole nitrogens is 1. The van der Waals surface area contributed by atoms with E-state index < -0.39 is 5.41 Å². The lowest BCUT2D eigenvalue weighted by molar-refractivity contribution is -0.183. The van der Waals surface area contributed by atoms with Gasteiger partial charge >= 0.3 is 5.97 Å². The lowest BCUT2D eigenvalue weighted by Crippen LogP contribution is -2.69. The van der Waals surface area contributed by atoms with Crippen LogP contribution in [0.1, 0.15) is 30.6 Å². The largest absolute Gasteiger partial charge is 0.468 e. The molecule has 0 spiro atoms. The van der Waals surface area contributed by atoms with Crippen LogP contribution >= 0.6 is 0 Å². The summed E-state index contributed by atoms with van der Waals surface area (Å²) < 4.78 is 5.22. The van der Waals surface area contributed by atoms with Crippen molar-refractivity contribution < 1.29 is 14.6 Å². The van der Waals surface area contributed by atoms with Gasteiger partial charge in [0.2, 0.25) is 0 Å². The highest BCUT2D eigenvalue weighted by molar-refractivity contribution is 5.86. The summed E-state index contributed by atoms with van der Waals surface area (Å²) in [6, 6.07) is 8.61. The van der Waals surface area contributed by atoms with Gasteiger partial charge in [0, 0.05) is 35.1 Å². The first-order valence-electron chi connectivity index (χ1n) is 9.35. The van der Waals surface area contributed by atoms with Crippen molar-refractivity contribution >= 4 is 16.9 Å². The van der Waals surface area contributed by atoms with Crippen LogP contribution in [0.3, 0.4) is 0 Å². The minimum Gasteiger partial charge on any atom is -0.468 e. The molecule has 5 heteroatoms. The van der Waals surface area contributed by atoms with E-state index in [1.165, 1.54) is 29.3 Å². The molecule has 4 aliphatic heterocycles. The minimum absolute atomic E-state index is 0.0286. The van der Waals surface area contributed by atoms with Crippen LogP contribution in [0.2, 0.25) is 0 Å². The molecule has 2 aromatic rings. The number of nitrogens with one attached hydrogen (secondary N) is 1. The third kappa shape index (κ3) is 1.75. The van der Waals surface area contributed by atoms with Crippen molar-refractivity contribution in [3.8, 4) is 0 Å². The highest BCUT2D eigenvalue weighted by atomic mass is 16.5. The van der Waals surface area contributed by atoms with Crippen LogP contribution in [0, 0.1) is 11.3 Å². The number of ether oxygens (including phenoxy) is 1. The van der Waals surface area contributed by atoms with Crippen LogP contribution in [0.5, 0.6) is 0 Å². The number of carbonyl (C=O) groups is 1. The standard InChI is InChI=1S/C21H24N2O3/c1-3-12-10-23-17-9-15(12)21(11-24,20(25)26-2)18(23)8-14-13-6-4-5-7-16(13)22-19(14)17/h3-7,15,17-18,22,24H,8-11H2,1-2H3/t15-,17-,18+,21?/m1/s1. The maximum atomic E-state index is 12.9. The first kappa shape index (κ1) is 16.1. The van der Waals surface area contributed by atoms with Crippen molar-refractivity contribution in [1.29, 1.82) is 0 Å². The fourth-order valence-corrected chi connectivity index (χ4v) is 5.88. The van der Waals surface area contributed by atoms with Gasteiger partial charge in [0.15, 0.2) is 0 Å². The summed E-state index contributed by atoms with van der Waals surface area (Å²) in [7, 11) is 1.43. The number of aliphatic hydroxyl groups excluding tert-OH is 1. The van der Waals surface area contributed by atoms with Crippen molar-refractivity contribution in [3.05, 3.63) is 47.2 Å². The SMILES string of the molecule is CC=C1CN2[C@@H]3C[C@H]1C(CO)(C(=O)OC)[C@@H]2Cc1c3[nH]c2ccccc12. The highest BCUT2D eigenvalue weighted by Gasteiger charge is 2.64. The molecule has 26 heavy (non-hydrogen) atoms. The molecule has 2 N–H and O–H groups in total. The molecule has 0 amide bonds. The normalized spacial score (nSPS) is 36.3. The molecule has 0 radical (unpaired) electrons. The van der Waals surface area contributed by atoms with E-state index in [0.717, 1.165) is 24.9 Å². The van der Waals surface area contributed by atoms with Crippen molar-refractivity contribution in [2.45, 2.75) is 31.8 Å². The Morgan fingerprint density at radius 3 is 3.00 bits per heavy atom. The number of hydrogen-bond donors (Lipinski definition) is 2. The number of aliphatic hydroxyl groups is 1. The zero-order valence-corrected chi connectivity index (χ0v) is 15.2. The Morgan fingerprint density at radius 1 is 1.46 bits per heavy atom. The van der Waals surface area contributed by atoms with Gasteiger partial charge in [0.05, 0.1) is 19.8 Å². The zero-order valence-electron chi connectivity index (χ0n) is 15.2. The number of hydrogen-bond acceptors (Lipinski definition) is 4. The highest BCUT2D eigenvalue weighted by Crippen LogP contribution is 2.59. The van der Waals surface area contributed by atoms with E-state index in [4.69, 9.17) is 4.74 Å². The molecule has 1 aromatic carbocycles. The Balaban J connectivity index is 1.73. The van der Waals surface area contributed by atoms with Gasteiger partial charge in [-0.15, -0.1) is 0 Å². The summed E-state index contributed by atoms with van der Waals surface area (Å²) in [5, 5.41) is 11.7. The number of para-hydroxylation sites is 1. The number of aromatic nitrogens is 1. The predicted octanol–water partition coefficient (Wildman–Crippen LogP) is 2.57. The lowest BCUT2D eigenvalue weighted by atomic mass is 9.55. The molecule has 4 aliphatic rings. The third-order valence-corrected chi connectivity index (χ3v) is 7.06. The molecular weight excluding hydrogens is 328 g/mol. The molecule has 5 nitrogen and oxygen atoms in total. The topological polar surface area (TPSA) is 65.6 Å². The Hall–Kier alpha value is -2.11. The Kier molecular flexibility index (Phi) is 3.37. The van der Waals surface area contributed by atoms with Crippen LogP contribution in [0.15, 0.2) is 35.9 Å². The fraction of sp³-hybridized carbons (Fsp3) is 0.476. The van der Waals surface area contributed by atoms with Gasteiger partial charge in [-0.05, 0) is 31.4 Å². The Morgan fingerprint density at radius 2 is 2.27 bits per heavy atom. The molecule has 6 rings (SSSR count). The van der Waals surface area contributed by atoms with E-state index in [9.17, 15) is 9.90 Å². The van der Waals surface area contributed by atoms with Crippen LogP contribution in [0.4, 0.5) is 0 Å². The molecule has 5 heterocycles. The maximum absolute atomic E-state index is 12.9. The van der Waals surface area contributed by atoms with E-state index in [-0.39, 0.29) is 30.6 Å². The Bertz CT molecular complexity index is 930. The first-order valence-corrected chi connectivity index (χ1v) is 9.35. The van der Waals surface area contributed by atoms with Crippen LogP contribution in [0.25, 0.3) is 10.9 Å². The molecule has 2 unspecified atom stereocenters.